The highest BCUT2D eigenvalue weighted by molar-refractivity contribution is 6.06. The predicted molar refractivity (Wildman–Crippen MR) is 126 cm³/mol. The van der Waals surface area contributed by atoms with E-state index in [-0.39, 0.29) is 11.9 Å². The summed E-state index contributed by atoms with van der Waals surface area (Å²) < 4.78 is 13.4. The van der Waals surface area contributed by atoms with Gasteiger partial charge in [-0.05, 0) is 69.7 Å². The summed E-state index contributed by atoms with van der Waals surface area (Å²) >= 11 is 0. The van der Waals surface area contributed by atoms with Gasteiger partial charge in [-0.3, -0.25) is 4.79 Å². The van der Waals surface area contributed by atoms with Gasteiger partial charge in [0, 0.05) is 24.2 Å². The van der Waals surface area contributed by atoms with E-state index in [2.05, 4.69) is 23.8 Å². The number of rotatable bonds is 4. The highest BCUT2D eigenvalue weighted by Gasteiger charge is 2.38. The first-order chi connectivity index (χ1) is 16.1. The highest BCUT2D eigenvalue weighted by atomic mass is 16.6. The van der Waals surface area contributed by atoms with Crippen molar-refractivity contribution in [2.45, 2.75) is 58.0 Å². The molecule has 172 valence electrons. The van der Waals surface area contributed by atoms with Crippen LogP contribution in [0.1, 0.15) is 62.4 Å². The molecule has 1 amide bonds. The lowest BCUT2D eigenvalue weighted by atomic mass is 9.78. The van der Waals surface area contributed by atoms with Crippen LogP contribution in [0.4, 0.5) is 0 Å². The van der Waals surface area contributed by atoms with Crippen LogP contribution >= 0.6 is 0 Å². The minimum atomic E-state index is 0.110. The topological polar surface area (TPSA) is 69.5 Å². The van der Waals surface area contributed by atoms with Crippen LogP contribution in [0.25, 0.3) is 22.3 Å². The third-order valence-corrected chi connectivity index (χ3v) is 7.38. The number of aromatic nitrogens is 3. The van der Waals surface area contributed by atoms with Gasteiger partial charge in [0.05, 0.1) is 22.8 Å². The first kappa shape index (κ1) is 20.5. The van der Waals surface area contributed by atoms with Crippen LogP contribution in [0.15, 0.2) is 30.5 Å². The molecule has 7 heteroatoms. The van der Waals surface area contributed by atoms with Gasteiger partial charge in [-0.1, -0.05) is 6.42 Å². The van der Waals surface area contributed by atoms with E-state index in [4.69, 9.17) is 14.5 Å². The van der Waals surface area contributed by atoms with Crippen molar-refractivity contribution in [2.24, 2.45) is 5.92 Å². The van der Waals surface area contributed by atoms with Crippen molar-refractivity contribution in [2.75, 3.05) is 19.8 Å². The number of amides is 1. The predicted octanol–water partition coefficient (Wildman–Crippen LogP) is 4.86. The first-order valence-corrected chi connectivity index (χ1v) is 12.2. The number of ether oxygens (including phenoxy) is 2. The maximum atomic E-state index is 13.9. The lowest BCUT2D eigenvalue weighted by molar-refractivity contribution is 0.0628. The summed E-state index contributed by atoms with van der Waals surface area (Å²) in [5.74, 6) is 2.23. The Labute approximate surface area is 193 Å². The molecule has 1 saturated heterocycles. The number of carbonyl (C=O) groups is 1. The largest absolute Gasteiger partial charge is 0.486 e. The Kier molecular flexibility index (Phi) is 5.00. The van der Waals surface area contributed by atoms with Crippen LogP contribution in [-0.4, -0.2) is 51.4 Å². The standard InChI is InChI=1S/C26H30N4O3/c1-16(2)30-25-20(15-27-30)19(26(31)29-10-4-7-22(29)17-5-3-6-17)14-21(28-25)18-8-9-23-24(13-18)33-12-11-32-23/h8-9,13-17,22H,3-7,10-12H2,1-2H3. The molecule has 0 spiro atoms. The number of nitrogens with zero attached hydrogens (tertiary/aromatic N) is 4. The van der Waals surface area contributed by atoms with Gasteiger partial charge in [-0.15, -0.1) is 0 Å². The van der Waals surface area contributed by atoms with Crippen molar-refractivity contribution in [1.82, 2.24) is 19.7 Å². The summed E-state index contributed by atoms with van der Waals surface area (Å²) in [5, 5.41) is 5.42. The van der Waals surface area contributed by atoms with Gasteiger partial charge >= 0.3 is 0 Å². The van der Waals surface area contributed by atoms with E-state index in [0.29, 0.717) is 30.7 Å². The van der Waals surface area contributed by atoms with Crippen LogP contribution in [0.3, 0.4) is 0 Å². The van der Waals surface area contributed by atoms with Crippen molar-refractivity contribution >= 4 is 16.9 Å². The van der Waals surface area contributed by atoms with Crippen molar-refractivity contribution < 1.29 is 14.3 Å². The quantitative estimate of drug-likeness (QED) is 0.573. The maximum Gasteiger partial charge on any atom is 0.254 e. The number of hydrogen-bond acceptors (Lipinski definition) is 5. The second-order valence-electron chi connectivity index (χ2n) is 9.73. The smallest absolute Gasteiger partial charge is 0.254 e. The van der Waals surface area contributed by atoms with E-state index >= 15 is 0 Å². The lowest BCUT2D eigenvalue weighted by Gasteiger charge is -2.37. The zero-order valence-corrected chi connectivity index (χ0v) is 19.3. The molecule has 33 heavy (non-hydrogen) atoms. The first-order valence-electron chi connectivity index (χ1n) is 12.2. The van der Waals surface area contributed by atoms with Crippen LogP contribution in [0, 0.1) is 5.92 Å². The summed E-state index contributed by atoms with van der Waals surface area (Å²) in [6.07, 6.45) is 7.78. The van der Waals surface area contributed by atoms with Crippen molar-refractivity contribution in [3.05, 3.63) is 36.0 Å². The van der Waals surface area contributed by atoms with E-state index in [1.165, 1.54) is 19.3 Å². The van der Waals surface area contributed by atoms with Gasteiger partial charge in [0.2, 0.25) is 0 Å². The second-order valence-corrected chi connectivity index (χ2v) is 9.73. The summed E-state index contributed by atoms with van der Waals surface area (Å²) in [4.78, 5) is 21.0. The fourth-order valence-electron chi connectivity index (χ4n) is 5.44. The molecule has 0 radical (unpaired) electrons. The van der Waals surface area contributed by atoms with Crippen molar-refractivity contribution in [1.29, 1.82) is 0 Å². The van der Waals surface area contributed by atoms with Crippen LogP contribution in [0.2, 0.25) is 0 Å². The monoisotopic (exact) mass is 446 g/mol. The molecular formula is C26H30N4O3. The molecule has 6 rings (SSSR count). The number of carbonyl (C=O) groups excluding carboxylic acids is 1. The Morgan fingerprint density at radius 2 is 1.88 bits per heavy atom. The molecule has 1 unspecified atom stereocenters. The van der Waals surface area contributed by atoms with Gasteiger partial charge in [0.15, 0.2) is 17.1 Å². The number of fused-ring (bicyclic) bond motifs is 2. The summed E-state index contributed by atoms with van der Waals surface area (Å²) in [6, 6.07) is 8.32. The molecule has 1 aromatic carbocycles. The SMILES string of the molecule is CC(C)n1ncc2c(C(=O)N3CCCC3C3CCC3)cc(-c3ccc4c(c3)OCCO4)nc21. The molecule has 0 bridgehead atoms. The molecule has 2 aliphatic heterocycles. The fourth-order valence-corrected chi connectivity index (χ4v) is 5.44. The minimum absolute atomic E-state index is 0.110. The third-order valence-electron chi connectivity index (χ3n) is 7.38. The van der Waals surface area contributed by atoms with Gasteiger partial charge in [-0.2, -0.15) is 5.10 Å². The van der Waals surface area contributed by atoms with Crippen LogP contribution in [-0.2, 0) is 0 Å². The number of benzene rings is 1. The molecular weight excluding hydrogens is 416 g/mol. The minimum Gasteiger partial charge on any atom is -0.486 e. The Bertz CT molecular complexity index is 1210. The molecule has 1 aliphatic carbocycles. The van der Waals surface area contributed by atoms with E-state index < -0.39 is 0 Å². The number of likely N-dealkylation sites (tertiary alicyclic amines) is 1. The second kappa shape index (κ2) is 8.04. The highest BCUT2D eigenvalue weighted by Crippen LogP contribution is 2.39. The summed E-state index contributed by atoms with van der Waals surface area (Å²) in [7, 11) is 0. The molecule has 7 nitrogen and oxygen atoms in total. The third kappa shape index (κ3) is 3.45. The average Bonchev–Trinajstić information content (AvgIpc) is 3.44. The fraction of sp³-hybridized carbons (Fsp3) is 0.500. The molecule has 4 heterocycles. The van der Waals surface area contributed by atoms with E-state index in [1.54, 1.807) is 6.20 Å². The van der Waals surface area contributed by atoms with E-state index in [0.717, 1.165) is 53.2 Å². The molecule has 1 saturated carbocycles. The van der Waals surface area contributed by atoms with Crippen molar-refractivity contribution in [3.8, 4) is 22.8 Å². The van der Waals surface area contributed by atoms with E-state index in [1.807, 2.05) is 28.9 Å². The van der Waals surface area contributed by atoms with Gasteiger partial charge in [0.25, 0.3) is 5.91 Å². The summed E-state index contributed by atoms with van der Waals surface area (Å²) in [6.45, 7) is 6.09. The Morgan fingerprint density at radius 3 is 2.64 bits per heavy atom. The van der Waals surface area contributed by atoms with Crippen LogP contribution in [0.5, 0.6) is 11.5 Å². The van der Waals surface area contributed by atoms with Crippen molar-refractivity contribution in [3.63, 3.8) is 0 Å². The molecule has 3 aliphatic rings. The zero-order chi connectivity index (χ0) is 22.5. The molecule has 3 aromatic rings. The Balaban J connectivity index is 1.46. The Morgan fingerprint density at radius 1 is 1.06 bits per heavy atom. The molecule has 0 N–H and O–H groups in total. The van der Waals surface area contributed by atoms with Gasteiger partial charge in [-0.25, -0.2) is 9.67 Å². The Hall–Kier alpha value is -3.09. The zero-order valence-electron chi connectivity index (χ0n) is 19.3. The lowest BCUT2D eigenvalue weighted by Crippen LogP contribution is -2.42. The van der Waals surface area contributed by atoms with Gasteiger partial charge in [0.1, 0.15) is 13.2 Å². The average molecular weight is 447 g/mol. The molecule has 2 aromatic heterocycles. The van der Waals surface area contributed by atoms with Crippen LogP contribution < -0.4 is 9.47 Å². The number of hydrogen-bond donors (Lipinski definition) is 0. The molecule has 2 fully saturated rings. The summed E-state index contributed by atoms with van der Waals surface area (Å²) in [5.41, 5.74) is 3.11. The maximum absolute atomic E-state index is 13.9. The molecule has 1 atom stereocenters. The van der Waals surface area contributed by atoms with E-state index in [9.17, 15) is 4.79 Å². The van der Waals surface area contributed by atoms with Gasteiger partial charge < -0.3 is 14.4 Å². The normalized spacial score (nSPS) is 20.5. The number of pyridine rings is 1.